The monoisotopic (exact) mass is 493 g/mol. The Morgan fingerprint density at radius 3 is 2.61 bits per heavy atom. The molecule has 3 rings (SSSR count). The lowest BCUT2D eigenvalue weighted by molar-refractivity contribution is -0.123. The predicted molar refractivity (Wildman–Crippen MR) is 123 cm³/mol. The van der Waals surface area contributed by atoms with Gasteiger partial charge in [-0.3, -0.25) is 14.4 Å². The largest absolute Gasteiger partial charge is 0.452 e. The van der Waals surface area contributed by atoms with Gasteiger partial charge in [0, 0.05) is 12.6 Å². The standard InChI is InChI=1S/C22H24ClN3O6S/c1-14(2)24-22(29)25-20(27)13-32-21(28)17-12-16(9-10-18(17)23)33(30,31)26-11-5-7-15-6-3-4-8-19(15)26/h3-4,6,8-10,12,14H,5,7,11,13H2,1-2H3,(H2,24,25,27,29). The normalized spacial score (nSPS) is 13.3. The molecule has 0 atom stereocenters. The predicted octanol–water partition coefficient (Wildman–Crippen LogP) is 2.87. The topological polar surface area (TPSA) is 122 Å². The minimum Gasteiger partial charge on any atom is -0.452 e. The number of nitrogens with one attached hydrogen (secondary N) is 2. The number of para-hydroxylation sites is 1. The number of rotatable bonds is 6. The molecule has 0 spiro atoms. The summed E-state index contributed by atoms with van der Waals surface area (Å²) in [7, 11) is -3.97. The number of amides is 3. The highest BCUT2D eigenvalue weighted by atomic mass is 35.5. The Hall–Kier alpha value is -3.11. The van der Waals surface area contributed by atoms with E-state index in [0.29, 0.717) is 18.7 Å². The van der Waals surface area contributed by atoms with Crippen LogP contribution in [0.5, 0.6) is 0 Å². The number of carbonyl (C=O) groups excluding carboxylic acids is 3. The van der Waals surface area contributed by atoms with Gasteiger partial charge in [0.25, 0.3) is 15.9 Å². The fourth-order valence-corrected chi connectivity index (χ4v) is 5.13. The summed E-state index contributed by atoms with van der Waals surface area (Å²) < 4.78 is 32.9. The number of sulfonamides is 1. The molecular formula is C22H24ClN3O6S. The molecule has 2 aromatic rings. The van der Waals surface area contributed by atoms with E-state index in [2.05, 4.69) is 5.32 Å². The number of hydrogen-bond donors (Lipinski definition) is 2. The third-order valence-electron chi connectivity index (χ3n) is 4.82. The summed E-state index contributed by atoms with van der Waals surface area (Å²) in [6, 6.07) is 10.1. The smallest absolute Gasteiger partial charge is 0.340 e. The second-order valence-electron chi connectivity index (χ2n) is 7.70. The van der Waals surface area contributed by atoms with Gasteiger partial charge in [0.05, 0.1) is 21.2 Å². The molecule has 0 unspecified atom stereocenters. The number of hydrogen-bond acceptors (Lipinski definition) is 6. The van der Waals surface area contributed by atoms with Crippen molar-refractivity contribution < 1.29 is 27.5 Å². The van der Waals surface area contributed by atoms with Crippen LogP contribution in [0.25, 0.3) is 0 Å². The van der Waals surface area contributed by atoms with E-state index in [9.17, 15) is 22.8 Å². The van der Waals surface area contributed by atoms with Gasteiger partial charge in [-0.15, -0.1) is 0 Å². The van der Waals surface area contributed by atoms with Crippen LogP contribution in [0.4, 0.5) is 10.5 Å². The van der Waals surface area contributed by atoms with Crippen molar-refractivity contribution in [2.24, 2.45) is 0 Å². The molecule has 3 amide bonds. The van der Waals surface area contributed by atoms with Gasteiger partial charge in [-0.1, -0.05) is 29.8 Å². The van der Waals surface area contributed by atoms with Crippen LogP contribution >= 0.6 is 11.6 Å². The zero-order valence-corrected chi connectivity index (χ0v) is 19.7. The van der Waals surface area contributed by atoms with Crippen molar-refractivity contribution in [1.29, 1.82) is 0 Å². The molecular weight excluding hydrogens is 470 g/mol. The molecule has 176 valence electrons. The maximum atomic E-state index is 13.3. The van der Waals surface area contributed by atoms with Crippen LogP contribution in [0.1, 0.15) is 36.2 Å². The highest BCUT2D eigenvalue weighted by Gasteiger charge is 2.30. The first-order valence-electron chi connectivity index (χ1n) is 10.3. The summed E-state index contributed by atoms with van der Waals surface area (Å²) >= 11 is 6.09. The zero-order valence-electron chi connectivity index (χ0n) is 18.1. The summed E-state index contributed by atoms with van der Waals surface area (Å²) in [6.45, 7) is 3.00. The molecule has 0 saturated heterocycles. The molecule has 2 N–H and O–H groups in total. The number of carbonyl (C=O) groups is 3. The Labute approximate surface area is 197 Å². The molecule has 1 heterocycles. The summed E-state index contributed by atoms with van der Waals surface area (Å²) in [5.41, 5.74) is 1.31. The molecule has 11 heteroatoms. The Morgan fingerprint density at radius 1 is 1.15 bits per heavy atom. The second kappa shape index (κ2) is 10.2. The first kappa shape index (κ1) is 24.5. The number of ether oxygens (including phenoxy) is 1. The highest BCUT2D eigenvalue weighted by molar-refractivity contribution is 7.92. The van der Waals surface area contributed by atoms with Gasteiger partial charge in [-0.2, -0.15) is 0 Å². The first-order chi connectivity index (χ1) is 15.6. The molecule has 1 aliphatic heterocycles. The van der Waals surface area contributed by atoms with E-state index in [1.807, 2.05) is 17.4 Å². The van der Waals surface area contributed by atoms with Crippen molar-refractivity contribution in [3.63, 3.8) is 0 Å². The van der Waals surface area contributed by atoms with E-state index in [0.717, 1.165) is 18.1 Å². The van der Waals surface area contributed by atoms with Crippen molar-refractivity contribution in [1.82, 2.24) is 10.6 Å². The van der Waals surface area contributed by atoms with Gasteiger partial charge in [-0.05, 0) is 56.5 Å². The number of imide groups is 1. The Balaban J connectivity index is 1.76. The number of fused-ring (bicyclic) bond motifs is 1. The minimum absolute atomic E-state index is 0.0315. The van der Waals surface area contributed by atoms with Gasteiger partial charge in [-0.25, -0.2) is 18.0 Å². The molecule has 9 nitrogen and oxygen atoms in total. The molecule has 0 saturated carbocycles. The van der Waals surface area contributed by atoms with E-state index in [1.165, 1.54) is 16.4 Å². The zero-order chi connectivity index (χ0) is 24.2. The molecule has 0 aliphatic carbocycles. The number of urea groups is 1. The number of nitrogens with zero attached hydrogens (tertiary/aromatic N) is 1. The van der Waals surface area contributed by atoms with Crippen LogP contribution in [0.2, 0.25) is 5.02 Å². The summed E-state index contributed by atoms with van der Waals surface area (Å²) in [5, 5.41) is 4.45. The number of esters is 1. The van der Waals surface area contributed by atoms with E-state index in [-0.39, 0.29) is 21.5 Å². The Morgan fingerprint density at radius 2 is 1.88 bits per heavy atom. The van der Waals surface area contributed by atoms with Gasteiger partial charge < -0.3 is 10.1 Å². The van der Waals surface area contributed by atoms with E-state index in [1.54, 1.807) is 26.0 Å². The Bertz CT molecular complexity index is 1180. The van der Waals surface area contributed by atoms with Gasteiger partial charge in [0.2, 0.25) is 0 Å². The maximum absolute atomic E-state index is 13.3. The van der Waals surface area contributed by atoms with Crippen molar-refractivity contribution in [3.8, 4) is 0 Å². The average molecular weight is 494 g/mol. The van der Waals surface area contributed by atoms with Gasteiger partial charge in [0.15, 0.2) is 6.61 Å². The van der Waals surface area contributed by atoms with Crippen LogP contribution in [0.3, 0.4) is 0 Å². The number of benzene rings is 2. The van der Waals surface area contributed by atoms with E-state index in [4.69, 9.17) is 16.3 Å². The van der Waals surface area contributed by atoms with Crippen LogP contribution in [-0.4, -0.2) is 45.5 Å². The van der Waals surface area contributed by atoms with Gasteiger partial charge in [0.1, 0.15) is 0 Å². The maximum Gasteiger partial charge on any atom is 0.340 e. The number of halogens is 1. The number of aryl methyl sites for hydroxylation is 1. The molecule has 2 aromatic carbocycles. The molecule has 0 radical (unpaired) electrons. The molecule has 0 aromatic heterocycles. The third-order valence-corrected chi connectivity index (χ3v) is 6.96. The molecule has 33 heavy (non-hydrogen) atoms. The van der Waals surface area contributed by atoms with E-state index < -0.39 is 34.5 Å². The van der Waals surface area contributed by atoms with Crippen molar-refractivity contribution in [2.45, 2.75) is 37.6 Å². The second-order valence-corrected chi connectivity index (χ2v) is 9.97. The summed E-state index contributed by atoms with van der Waals surface area (Å²) in [4.78, 5) is 35.7. The van der Waals surface area contributed by atoms with Crippen molar-refractivity contribution >= 4 is 45.2 Å². The fourth-order valence-electron chi connectivity index (χ4n) is 3.37. The van der Waals surface area contributed by atoms with Crippen LogP contribution in [0.15, 0.2) is 47.4 Å². The summed E-state index contributed by atoms with van der Waals surface area (Å²) in [5.74, 6) is -1.83. The average Bonchev–Trinajstić information content (AvgIpc) is 2.76. The van der Waals surface area contributed by atoms with E-state index >= 15 is 0 Å². The van der Waals surface area contributed by atoms with Crippen molar-refractivity contribution in [2.75, 3.05) is 17.5 Å². The molecule has 0 bridgehead atoms. The molecule has 1 aliphatic rings. The van der Waals surface area contributed by atoms with Crippen LogP contribution in [-0.2, 0) is 26.0 Å². The fraction of sp³-hybridized carbons (Fsp3) is 0.318. The van der Waals surface area contributed by atoms with Crippen LogP contribution in [0, 0.1) is 0 Å². The highest BCUT2D eigenvalue weighted by Crippen LogP contribution is 2.32. The quantitative estimate of drug-likeness (QED) is 0.597. The first-order valence-corrected chi connectivity index (χ1v) is 12.1. The summed E-state index contributed by atoms with van der Waals surface area (Å²) in [6.07, 6.45) is 1.44. The lowest BCUT2D eigenvalue weighted by atomic mass is 10.0. The molecule has 0 fully saturated rings. The van der Waals surface area contributed by atoms with Crippen LogP contribution < -0.4 is 14.9 Å². The van der Waals surface area contributed by atoms with Gasteiger partial charge >= 0.3 is 12.0 Å². The third kappa shape index (κ3) is 5.82. The Kier molecular flexibility index (Phi) is 7.60. The SMILES string of the molecule is CC(C)NC(=O)NC(=O)COC(=O)c1cc(S(=O)(=O)N2CCCc3ccccc32)ccc1Cl. The minimum atomic E-state index is -3.97. The number of anilines is 1. The van der Waals surface area contributed by atoms with Crippen molar-refractivity contribution in [3.05, 3.63) is 58.6 Å². The lowest BCUT2D eigenvalue weighted by Crippen LogP contribution is -2.44. The lowest BCUT2D eigenvalue weighted by Gasteiger charge is -2.30.